The van der Waals surface area contributed by atoms with E-state index in [0.717, 1.165) is 12.8 Å². The second-order valence-electron chi connectivity index (χ2n) is 5.60. The molecule has 0 bridgehead atoms. The van der Waals surface area contributed by atoms with Crippen molar-refractivity contribution in [3.8, 4) is 5.75 Å². The number of halogens is 2. The topological polar surface area (TPSA) is 38.3 Å². The maximum absolute atomic E-state index is 13.8. The zero-order valence-electron chi connectivity index (χ0n) is 13.9. The van der Waals surface area contributed by atoms with Gasteiger partial charge in [0.2, 0.25) is 5.91 Å². The van der Waals surface area contributed by atoms with Crippen molar-refractivity contribution in [1.82, 2.24) is 5.32 Å². The predicted molar refractivity (Wildman–Crippen MR) is 95.8 cm³/mol. The van der Waals surface area contributed by atoms with Crippen molar-refractivity contribution in [3.05, 3.63) is 29.6 Å². The van der Waals surface area contributed by atoms with Gasteiger partial charge < -0.3 is 10.1 Å². The number of hydrogen-bond acceptors (Lipinski definition) is 2. The van der Waals surface area contributed by atoms with E-state index in [1.165, 1.54) is 31.7 Å². The second kappa shape index (κ2) is 12.3. The molecule has 0 saturated heterocycles. The third kappa shape index (κ3) is 8.94. The summed E-state index contributed by atoms with van der Waals surface area (Å²) in [4.78, 5) is 11.8. The first kappa shape index (κ1) is 19.9. The first-order valence-corrected chi connectivity index (χ1v) is 9.53. The van der Waals surface area contributed by atoms with Crippen LogP contribution in [-0.2, 0) is 11.2 Å². The smallest absolute Gasteiger partial charge is 0.224 e. The van der Waals surface area contributed by atoms with Crippen LogP contribution in [-0.4, -0.2) is 24.4 Å². The van der Waals surface area contributed by atoms with Gasteiger partial charge in [0, 0.05) is 11.9 Å². The summed E-state index contributed by atoms with van der Waals surface area (Å²) in [7, 11) is 0. The quantitative estimate of drug-likeness (QED) is 0.419. The molecule has 0 radical (unpaired) electrons. The standard InChI is InChI=1S/C18H27BrFNO2/c1-2-3-4-5-6-7-11-21-18(22)14-15-8-9-17(16(20)13-15)23-12-10-19/h8-9,13H,2-7,10-12,14H2,1H3,(H,21,22). The molecule has 0 unspecified atom stereocenters. The van der Waals surface area contributed by atoms with Crippen LogP contribution in [0, 0.1) is 5.82 Å². The van der Waals surface area contributed by atoms with Crippen LogP contribution in [0.2, 0.25) is 0 Å². The highest BCUT2D eigenvalue weighted by atomic mass is 79.9. The van der Waals surface area contributed by atoms with Gasteiger partial charge in [-0.3, -0.25) is 4.79 Å². The molecule has 5 heteroatoms. The van der Waals surface area contributed by atoms with E-state index >= 15 is 0 Å². The zero-order chi connectivity index (χ0) is 16.9. The Labute approximate surface area is 147 Å². The number of amides is 1. The molecule has 0 aliphatic heterocycles. The Kier molecular flexibility index (Phi) is 10.7. The van der Waals surface area contributed by atoms with Gasteiger partial charge in [-0.1, -0.05) is 61.0 Å². The molecule has 0 aliphatic rings. The first-order chi connectivity index (χ1) is 11.2. The monoisotopic (exact) mass is 387 g/mol. The van der Waals surface area contributed by atoms with Gasteiger partial charge in [0.1, 0.15) is 0 Å². The molecule has 0 atom stereocenters. The molecule has 3 nitrogen and oxygen atoms in total. The molecule has 1 rings (SSSR count). The number of alkyl halides is 1. The van der Waals surface area contributed by atoms with Gasteiger partial charge in [0.25, 0.3) is 0 Å². The van der Waals surface area contributed by atoms with E-state index in [9.17, 15) is 9.18 Å². The van der Waals surface area contributed by atoms with Crippen LogP contribution in [0.4, 0.5) is 4.39 Å². The summed E-state index contributed by atoms with van der Waals surface area (Å²) in [5.74, 6) is -0.264. The number of hydrogen-bond donors (Lipinski definition) is 1. The maximum atomic E-state index is 13.8. The molecule has 1 aromatic carbocycles. The molecule has 23 heavy (non-hydrogen) atoms. The third-order valence-corrected chi connectivity index (χ3v) is 3.87. The fraction of sp³-hybridized carbons (Fsp3) is 0.611. The van der Waals surface area contributed by atoms with Gasteiger partial charge in [-0.25, -0.2) is 4.39 Å². The molecule has 0 aromatic heterocycles. The number of rotatable bonds is 12. The SMILES string of the molecule is CCCCCCCCNC(=O)Cc1ccc(OCCBr)c(F)c1. The summed E-state index contributed by atoms with van der Waals surface area (Å²) in [6.07, 6.45) is 7.38. The number of ether oxygens (including phenoxy) is 1. The lowest BCUT2D eigenvalue weighted by atomic mass is 10.1. The van der Waals surface area contributed by atoms with Crippen LogP contribution in [0.15, 0.2) is 18.2 Å². The molecule has 1 aromatic rings. The van der Waals surface area contributed by atoms with Crippen LogP contribution in [0.5, 0.6) is 5.75 Å². The fourth-order valence-corrected chi connectivity index (χ4v) is 2.46. The molecule has 130 valence electrons. The lowest BCUT2D eigenvalue weighted by Gasteiger charge is -2.08. The van der Waals surface area contributed by atoms with Crippen LogP contribution in [0.3, 0.4) is 0 Å². The lowest BCUT2D eigenvalue weighted by Crippen LogP contribution is -2.26. The van der Waals surface area contributed by atoms with Crippen molar-refractivity contribution >= 4 is 21.8 Å². The van der Waals surface area contributed by atoms with E-state index in [0.29, 0.717) is 24.0 Å². The van der Waals surface area contributed by atoms with Crippen molar-refractivity contribution in [2.45, 2.75) is 51.9 Å². The first-order valence-electron chi connectivity index (χ1n) is 8.41. The summed E-state index contributed by atoms with van der Waals surface area (Å²) in [5.41, 5.74) is 0.661. The fourth-order valence-electron chi connectivity index (χ4n) is 2.30. The number of benzene rings is 1. The van der Waals surface area contributed by atoms with E-state index in [1.807, 2.05) is 0 Å². The van der Waals surface area contributed by atoms with Gasteiger partial charge >= 0.3 is 0 Å². The molecule has 0 spiro atoms. The molecule has 0 fully saturated rings. The second-order valence-corrected chi connectivity index (χ2v) is 6.39. The van der Waals surface area contributed by atoms with Crippen molar-refractivity contribution in [1.29, 1.82) is 0 Å². The number of unbranched alkanes of at least 4 members (excludes halogenated alkanes) is 5. The van der Waals surface area contributed by atoms with Gasteiger partial charge in [-0.15, -0.1) is 0 Å². The normalized spacial score (nSPS) is 10.6. The van der Waals surface area contributed by atoms with Gasteiger partial charge in [-0.2, -0.15) is 0 Å². The minimum atomic E-state index is -0.424. The van der Waals surface area contributed by atoms with Crippen LogP contribution in [0.25, 0.3) is 0 Å². The Morgan fingerprint density at radius 1 is 1.22 bits per heavy atom. The van der Waals surface area contributed by atoms with E-state index in [1.54, 1.807) is 12.1 Å². The van der Waals surface area contributed by atoms with Crippen molar-refractivity contribution in [2.24, 2.45) is 0 Å². The Hall–Kier alpha value is -1.10. The highest BCUT2D eigenvalue weighted by Crippen LogP contribution is 2.18. The average molecular weight is 388 g/mol. The van der Waals surface area contributed by atoms with Crippen molar-refractivity contribution in [2.75, 3.05) is 18.5 Å². The predicted octanol–water partition coefficient (Wildman–Crippen LogP) is 4.62. The molecule has 1 N–H and O–H groups in total. The Morgan fingerprint density at radius 3 is 2.65 bits per heavy atom. The van der Waals surface area contributed by atoms with Gasteiger partial charge in [0.05, 0.1) is 13.0 Å². The largest absolute Gasteiger partial charge is 0.490 e. The number of nitrogens with one attached hydrogen (secondary N) is 1. The minimum absolute atomic E-state index is 0.0629. The molecule has 0 aliphatic carbocycles. The van der Waals surface area contributed by atoms with Crippen LogP contribution < -0.4 is 10.1 Å². The summed E-state index contributed by atoms with van der Waals surface area (Å²) >= 11 is 3.23. The third-order valence-electron chi connectivity index (χ3n) is 3.55. The summed E-state index contributed by atoms with van der Waals surface area (Å²) in [5, 5.41) is 3.54. The molecular weight excluding hydrogens is 361 g/mol. The number of carbonyl (C=O) groups excluding carboxylic acids is 1. The van der Waals surface area contributed by atoms with E-state index < -0.39 is 5.82 Å². The molecule has 0 saturated carbocycles. The Balaban J connectivity index is 2.24. The molecule has 1 amide bonds. The summed E-state index contributed by atoms with van der Waals surface area (Å²) in [6, 6.07) is 4.68. The van der Waals surface area contributed by atoms with Gasteiger partial charge in [0.15, 0.2) is 11.6 Å². The average Bonchev–Trinajstić information content (AvgIpc) is 2.53. The highest BCUT2D eigenvalue weighted by molar-refractivity contribution is 9.09. The van der Waals surface area contributed by atoms with Crippen molar-refractivity contribution in [3.63, 3.8) is 0 Å². The van der Waals surface area contributed by atoms with E-state index in [4.69, 9.17) is 4.74 Å². The van der Waals surface area contributed by atoms with Gasteiger partial charge in [-0.05, 0) is 24.1 Å². The minimum Gasteiger partial charge on any atom is -0.490 e. The Bertz CT molecular complexity index is 468. The maximum Gasteiger partial charge on any atom is 0.224 e. The Morgan fingerprint density at radius 2 is 1.96 bits per heavy atom. The molecule has 0 heterocycles. The lowest BCUT2D eigenvalue weighted by molar-refractivity contribution is -0.120. The van der Waals surface area contributed by atoms with E-state index in [-0.39, 0.29) is 18.1 Å². The van der Waals surface area contributed by atoms with Crippen LogP contribution in [0.1, 0.15) is 51.0 Å². The highest BCUT2D eigenvalue weighted by Gasteiger charge is 2.08. The number of carbonyl (C=O) groups is 1. The van der Waals surface area contributed by atoms with Crippen LogP contribution >= 0.6 is 15.9 Å². The summed E-state index contributed by atoms with van der Waals surface area (Å²) < 4.78 is 19.0. The zero-order valence-corrected chi connectivity index (χ0v) is 15.5. The van der Waals surface area contributed by atoms with Crippen molar-refractivity contribution < 1.29 is 13.9 Å². The molecular formula is C18H27BrFNO2. The van der Waals surface area contributed by atoms with E-state index in [2.05, 4.69) is 28.2 Å². The summed E-state index contributed by atoms with van der Waals surface area (Å²) in [6.45, 7) is 3.30.